The Balaban J connectivity index is 1.60. The summed E-state index contributed by atoms with van der Waals surface area (Å²) in [4.78, 5) is 35.3. The normalized spacial score (nSPS) is 11.6. The minimum atomic E-state index is -1.16. The van der Waals surface area contributed by atoms with Crippen molar-refractivity contribution in [2.45, 2.75) is 13.0 Å². The van der Waals surface area contributed by atoms with Crippen molar-refractivity contribution in [3.05, 3.63) is 60.2 Å². The SMILES string of the molecule is CC(C(=O)Nc1ccc(NC(=O)c2ccn(C)n2)cc1)n1ccc(C(=O)O)n1. The average Bonchev–Trinajstić information content (AvgIpc) is 3.32. The zero-order valence-electron chi connectivity index (χ0n) is 15.2. The molecule has 0 fully saturated rings. The van der Waals surface area contributed by atoms with Crippen molar-refractivity contribution in [1.29, 1.82) is 0 Å². The second-order valence-electron chi connectivity index (χ2n) is 6.06. The quantitative estimate of drug-likeness (QED) is 0.595. The van der Waals surface area contributed by atoms with Gasteiger partial charge in [0, 0.05) is 30.8 Å². The summed E-state index contributed by atoms with van der Waals surface area (Å²) in [5.74, 6) is -1.85. The van der Waals surface area contributed by atoms with Crippen molar-refractivity contribution in [1.82, 2.24) is 19.6 Å². The molecular weight excluding hydrogens is 364 g/mol. The van der Waals surface area contributed by atoms with Crippen molar-refractivity contribution < 1.29 is 19.5 Å². The fourth-order valence-electron chi connectivity index (χ4n) is 2.40. The first-order chi connectivity index (χ1) is 13.3. The first-order valence-electron chi connectivity index (χ1n) is 8.34. The number of carbonyl (C=O) groups excluding carboxylic acids is 2. The molecule has 0 aliphatic rings. The number of hydrogen-bond acceptors (Lipinski definition) is 5. The molecule has 0 saturated heterocycles. The van der Waals surface area contributed by atoms with E-state index in [2.05, 4.69) is 20.8 Å². The molecule has 0 radical (unpaired) electrons. The van der Waals surface area contributed by atoms with Gasteiger partial charge in [-0.2, -0.15) is 10.2 Å². The zero-order chi connectivity index (χ0) is 20.3. The van der Waals surface area contributed by atoms with E-state index in [1.807, 2.05) is 0 Å². The predicted molar refractivity (Wildman–Crippen MR) is 100 cm³/mol. The standard InChI is InChI=1S/C18H18N6O4/c1-11(24-10-8-15(22-24)18(27)28)16(25)19-12-3-5-13(6-4-12)20-17(26)14-7-9-23(2)21-14/h3-11H,1-2H3,(H,19,25)(H,20,26)(H,27,28). The molecule has 144 valence electrons. The van der Waals surface area contributed by atoms with Gasteiger partial charge in [-0.3, -0.25) is 19.0 Å². The van der Waals surface area contributed by atoms with Crippen LogP contribution in [0.3, 0.4) is 0 Å². The molecule has 2 aromatic heterocycles. The minimum Gasteiger partial charge on any atom is -0.476 e. The Morgan fingerprint density at radius 2 is 1.54 bits per heavy atom. The molecule has 2 heterocycles. The Morgan fingerprint density at radius 3 is 2.07 bits per heavy atom. The topological polar surface area (TPSA) is 131 Å². The Kier molecular flexibility index (Phi) is 5.21. The molecule has 1 aromatic carbocycles. The lowest BCUT2D eigenvalue weighted by molar-refractivity contribution is -0.119. The molecule has 2 amide bonds. The van der Waals surface area contributed by atoms with Crippen LogP contribution < -0.4 is 10.6 Å². The van der Waals surface area contributed by atoms with Crippen LogP contribution in [-0.4, -0.2) is 42.5 Å². The van der Waals surface area contributed by atoms with Gasteiger partial charge in [0.1, 0.15) is 6.04 Å². The molecular formula is C18H18N6O4. The number of hydrogen-bond donors (Lipinski definition) is 3. The van der Waals surface area contributed by atoms with Crippen molar-refractivity contribution >= 4 is 29.2 Å². The monoisotopic (exact) mass is 382 g/mol. The molecule has 28 heavy (non-hydrogen) atoms. The second kappa shape index (κ2) is 7.74. The van der Waals surface area contributed by atoms with E-state index in [-0.39, 0.29) is 17.5 Å². The summed E-state index contributed by atoms with van der Waals surface area (Å²) in [7, 11) is 1.72. The number of rotatable bonds is 6. The summed E-state index contributed by atoms with van der Waals surface area (Å²) >= 11 is 0. The Bertz CT molecular complexity index is 1020. The maximum atomic E-state index is 12.3. The fourth-order valence-corrected chi connectivity index (χ4v) is 2.40. The van der Waals surface area contributed by atoms with Crippen molar-refractivity contribution in [2.24, 2.45) is 7.05 Å². The summed E-state index contributed by atoms with van der Waals surface area (Å²) in [6, 6.07) is 8.82. The van der Waals surface area contributed by atoms with Crippen LogP contribution in [-0.2, 0) is 11.8 Å². The number of carboxylic acids is 1. The molecule has 0 aliphatic heterocycles. The van der Waals surface area contributed by atoms with E-state index in [0.717, 1.165) is 0 Å². The molecule has 3 rings (SSSR count). The van der Waals surface area contributed by atoms with Crippen molar-refractivity contribution in [2.75, 3.05) is 10.6 Å². The molecule has 0 spiro atoms. The van der Waals surface area contributed by atoms with Gasteiger partial charge in [0.15, 0.2) is 11.4 Å². The molecule has 1 unspecified atom stereocenters. The van der Waals surface area contributed by atoms with Gasteiger partial charge >= 0.3 is 5.97 Å². The van der Waals surface area contributed by atoms with Gasteiger partial charge in [0.05, 0.1) is 0 Å². The van der Waals surface area contributed by atoms with Crippen LogP contribution in [0.4, 0.5) is 11.4 Å². The predicted octanol–water partition coefficient (Wildman–Crippen LogP) is 1.77. The van der Waals surface area contributed by atoms with Gasteiger partial charge in [0.2, 0.25) is 5.91 Å². The number of aromatic nitrogens is 4. The highest BCUT2D eigenvalue weighted by molar-refractivity contribution is 6.03. The van der Waals surface area contributed by atoms with Crippen LogP contribution in [0.5, 0.6) is 0 Å². The van der Waals surface area contributed by atoms with E-state index in [4.69, 9.17) is 5.11 Å². The minimum absolute atomic E-state index is 0.132. The summed E-state index contributed by atoms with van der Waals surface area (Å²) in [6.45, 7) is 1.61. The molecule has 0 bridgehead atoms. The molecule has 0 aliphatic carbocycles. The molecule has 0 saturated carbocycles. The lowest BCUT2D eigenvalue weighted by atomic mass is 10.2. The summed E-state index contributed by atoms with van der Waals surface area (Å²) in [5, 5.41) is 22.2. The number of benzene rings is 1. The fraction of sp³-hybridized carbons (Fsp3) is 0.167. The Hall–Kier alpha value is -3.95. The average molecular weight is 382 g/mol. The lowest BCUT2D eigenvalue weighted by Gasteiger charge is -2.13. The number of nitrogens with one attached hydrogen (secondary N) is 2. The zero-order valence-corrected chi connectivity index (χ0v) is 15.2. The second-order valence-corrected chi connectivity index (χ2v) is 6.06. The number of anilines is 2. The third kappa shape index (κ3) is 4.23. The maximum absolute atomic E-state index is 12.3. The number of carbonyl (C=O) groups is 3. The molecule has 10 nitrogen and oxygen atoms in total. The molecule has 3 N–H and O–H groups in total. The van der Waals surface area contributed by atoms with E-state index < -0.39 is 12.0 Å². The third-order valence-electron chi connectivity index (χ3n) is 3.96. The smallest absolute Gasteiger partial charge is 0.356 e. The molecule has 3 aromatic rings. The van der Waals surface area contributed by atoms with Crippen LogP contribution in [0.2, 0.25) is 0 Å². The van der Waals surface area contributed by atoms with Gasteiger partial charge in [-0.15, -0.1) is 0 Å². The highest BCUT2D eigenvalue weighted by Crippen LogP contribution is 2.16. The lowest BCUT2D eigenvalue weighted by Crippen LogP contribution is -2.24. The van der Waals surface area contributed by atoms with Gasteiger partial charge in [0.25, 0.3) is 5.91 Å². The third-order valence-corrected chi connectivity index (χ3v) is 3.96. The first kappa shape index (κ1) is 18.8. The number of amides is 2. The van der Waals surface area contributed by atoms with E-state index >= 15 is 0 Å². The number of carboxylic acid groups (broad SMARTS) is 1. The van der Waals surface area contributed by atoms with Crippen LogP contribution in [0.1, 0.15) is 33.9 Å². The van der Waals surface area contributed by atoms with Gasteiger partial charge in [-0.05, 0) is 43.3 Å². The van der Waals surface area contributed by atoms with E-state index in [1.165, 1.54) is 21.6 Å². The van der Waals surface area contributed by atoms with Crippen LogP contribution in [0, 0.1) is 0 Å². The van der Waals surface area contributed by atoms with Gasteiger partial charge in [-0.25, -0.2) is 4.79 Å². The Morgan fingerprint density at radius 1 is 0.929 bits per heavy atom. The maximum Gasteiger partial charge on any atom is 0.356 e. The van der Waals surface area contributed by atoms with Crippen LogP contribution >= 0.6 is 0 Å². The summed E-state index contributed by atoms with van der Waals surface area (Å²) < 4.78 is 2.81. The van der Waals surface area contributed by atoms with Gasteiger partial charge < -0.3 is 15.7 Å². The van der Waals surface area contributed by atoms with Crippen molar-refractivity contribution in [3.63, 3.8) is 0 Å². The largest absolute Gasteiger partial charge is 0.476 e. The van der Waals surface area contributed by atoms with Crippen LogP contribution in [0.15, 0.2) is 48.8 Å². The van der Waals surface area contributed by atoms with E-state index in [0.29, 0.717) is 17.1 Å². The summed E-state index contributed by atoms with van der Waals surface area (Å²) in [5.41, 5.74) is 1.25. The van der Waals surface area contributed by atoms with Crippen LogP contribution in [0.25, 0.3) is 0 Å². The Labute approximate surface area is 159 Å². The summed E-state index contributed by atoms with van der Waals surface area (Å²) in [6.07, 6.45) is 3.11. The first-order valence-corrected chi connectivity index (χ1v) is 8.34. The number of aromatic carboxylic acids is 1. The van der Waals surface area contributed by atoms with E-state index in [1.54, 1.807) is 50.5 Å². The van der Waals surface area contributed by atoms with E-state index in [9.17, 15) is 14.4 Å². The highest BCUT2D eigenvalue weighted by atomic mass is 16.4. The van der Waals surface area contributed by atoms with Crippen molar-refractivity contribution in [3.8, 4) is 0 Å². The number of nitrogens with zero attached hydrogens (tertiary/aromatic N) is 4. The highest BCUT2D eigenvalue weighted by Gasteiger charge is 2.18. The molecule has 1 atom stereocenters. The molecule has 10 heteroatoms. The number of aryl methyl sites for hydroxylation is 1. The van der Waals surface area contributed by atoms with Gasteiger partial charge in [-0.1, -0.05) is 0 Å².